The molecule has 124 valence electrons. The molecule has 0 aliphatic rings. The molecule has 0 unspecified atom stereocenters. The van der Waals surface area contributed by atoms with Gasteiger partial charge in [0.25, 0.3) is 5.91 Å². The molecule has 25 heavy (non-hydrogen) atoms. The number of hydrogen-bond donors (Lipinski definition) is 1. The van der Waals surface area contributed by atoms with E-state index in [4.69, 9.17) is 0 Å². The third-order valence-electron chi connectivity index (χ3n) is 4.05. The van der Waals surface area contributed by atoms with Crippen molar-refractivity contribution in [1.82, 2.24) is 5.43 Å². The Bertz CT molecular complexity index is 897. The van der Waals surface area contributed by atoms with Crippen LogP contribution in [-0.4, -0.2) is 12.1 Å². The zero-order valence-corrected chi connectivity index (χ0v) is 14.4. The maximum Gasteiger partial charge on any atom is 0.271 e. The van der Waals surface area contributed by atoms with Crippen LogP contribution in [0.5, 0.6) is 0 Å². The lowest BCUT2D eigenvalue weighted by atomic mass is 10.0. The number of carbonyl (C=O) groups excluding carboxylic acids is 1. The van der Waals surface area contributed by atoms with E-state index in [9.17, 15) is 4.79 Å². The number of benzene rings is 3. The first-order chi connectivity index (χ1) is 12.1. The molecule has 0 aromatic heterocycles. The molecule has 3 nitrogen and oxygen atoms in total. The van der Waals surface area contributed by atoms with Crippen LogP contribution in [0.25, 0.3) is 11.1 Å². The quantitative estimate of drug-likeness (QED) is 0.546. The van der Waals surface area contributed by atoms with Crippen molar-refractivity contribution in [3.8, 4) is 11.1 Å². The van der Waals surface area contributed by atoms with E-state index in [1.54, 1.807) is 6.21 Å². The van der Waals surface area contributed by atoms with Gasteiger partial charge in [0.05, 0.1) is 6.21 Å². The van der Waals surface area contributed by atoms with Crippen LogP contribution >= 0.6 is 0 Å². The minimum atomic E-state index is -0.222. The molecule has 0 heterocycles. The first-order valence-corrected chi connectivity index (χ1v) is 8.19. The zero-order valence-electron chi connectivity index (χ0n) is 14.4. The van der Waals surface area contributed by atoms with Crippen LogP contribution in [0, 0.1) is 13.8 Å². The first-order valence-electron chi connectivity index (χ1n) is 8.19. The summed E-state index contributed by atoms with van der Waals surface area (Å²) in [6.07, 6.45) is 1.67. The molecule has 0 spiro atoms. The van der Waals surface area contributed by atoms with Crippen LogP contribution in [0.3, 0.4) is 0 Å². The van der Waals surface area contributed by atoms with Gasteiger partial charge in [-0.3, -0.25) is 4.79 Å². The maximum atomic E-state index is 12.2. The van der Waals surface area contributed by atoms with Gasteiger partial charge in [0, 0.05) is 5.56 Å². The van der Waals surface area contributed by atoms with Crippen LogP contribution < -0.4 is 5.43 Å². The molecule has 0 saturated carbocycles. The smallest absolute Gasteiger partial charge is 0.267 e. The van der Waals surface area contributed by atoms with Crippen molar-refractivity contribution in [2.24, 2.45) is 5.10 Å². The normalized spacial score (nSPS) is 10.8. The second-order valence-electron chi connectivity index (χ2n) is 6.00. The fourth-order valence-corrected chi connectivity index (χ4v) is 2.64. The van der Waals surface area contributed by atoms with Crippen molar-refractivity contribution in [2.45, 2.75) is 13.8 Å². The van der Waals surface area contributed by atoms with Crippen molar-refractivity contribution in [1.29, 1.82) is 0 Å². The molecule has 3 heteroatoms. The Hall–Kier alpha value is -3.20. The molecule has 0 aliphatic heterocycles. The number of aryl methyl sites for hydroxylation is 2. The van der Waals surface area contributed by atoms with E-state index < -0.39 is 0 Å². The molecule has 0 aliphatic carbocycles. The number of hydrogen-bond acceptors (Lipinski definition) is 2. The number of nitrogens with one attached hydrogen (secondary N) is 1. The van der Waals surface area contributed by atoms with Crippen LogP contribution in [0.2, 0.25) is 0 Å². The lowest BCUT2D eigenvalue weighted by Crippen LogP contribution is -2.17. The average molecular weight is 328 g/mol. The van der Waals surface area contributed by atoms with E-state index in [1.165, 1.54) is 5.56 Å². The molecule has 3 rings (SSSR count). The minimum absolute atomic E-state index is 0.222. The number of nitrogens with zero attached hydrogens (tertiary/aromatic N) is 1. The monoisotopic (exact) mass is 328 g/mol. The summed E-state index contributed by atoms with van der Waals surface area (Å²) in [4.78, 5) is 12.2. The van der Waals surface area contributed by atoms with Gasteiger partial charge in [-0.15, -0.1) is 0 Å². The third-order valence-corrected chi connectivity index (χ3v) is 4.05. The second kappa shape index (κ2) is 7.58. The molecule has 0 bridgehead atoms. The largest absolute Gasteiger partial charge is 0.271 e. The molecule has 1 N–H and O–H groups in total. The summed E-state index contributed by atoms with van der Waals surface area (Å²) in [6.45, 7) is 4.08. The molecule has 0 atom stereocenters. The fourth-order valence-electron chi connectivity index (χ4n) is 2.64. The Morgan fingerprint density at radius 1 is 0.880 bits per heavy atom. The van der Waals surface area contributed by atoms with Gasteiger partial charge in [-0.25, -0.2) is 5.43 Å². The second-order valence-corrected chi connectivity index (χ2v) is 6.00. The molecule has 1 amide bonds. The van der Waals surface area contributed by atoms with Gasteiger partial charge in [0.1, 0.15) is 0 Å². The summed E-state index contributed by atoms with van der Waals surface area (Å²) in [5, 5.41) is 4.06. The van der Waals surface area contributed by atoms with E-state index in [0.29, 0.717) is 5.56 Å². The Labute approximate surface area is 148 Å². The number of hydrazone groups is 1. The number of amides is 1. The SMILES string of the molecule is Cc1ccc(C=NNC(=O)c2ccc(-c3ccccc3)cc2)c(C)c1. The Balaban J connectivity index is 1.66. The topological polar surface area (TPSA) is 41.5 Å². The minimum Gasteiger partial charge on any atom is -0.267 e. The van der Waals surface area contributed by atoms with Crippen LogP contribution in [0.15, 0.2) is 77.9 Å². The highest BCUT2D eigenvalue weighted by Crippen LogP contribution is 2.19. The Morgan fingerprint density at radius 3 is 2.24 bits per heavy atom. The van der Waals surface area contributed by atoms with Gasteiger partial charge < -0.3 is 0 Å². The first kappa shape index (κ1) is 16.7. The van der Waals surface area contributed by atoms with Crippen molar-refractivity contribution in [3.05, 3.63) is 95.1 Å². The van der Waals surface area contributed by atoms with Crippen LogP contribution in [0.4, 0.5) is 0 Å². The van der Waals surface area contributed by atoms with Crippen LogP contribution in [0.1, 0.15) is 27.0 Å². The average Bonchev–Trinajstić information content (AvgIpc) is 2.64. The highest BCUT2D eigenvalue weighted by molar-refractivity contribution is 5.95. The van der Waals surface area contributed by atoms with Gasteiger partial charge in [0.15, 0.2) is 0 Å². The highest BCUT2D eigenvalue weighted by Gasteiger charge is 2.05. The summed E-state index contributed by atoms with van der Waals surface area (Å²) < 4.78 is 0. The molecule has 0 radical (unpaired) electrons. The zero-order chi connectivity index (χ0) is 17.6. The summed E-state index contributed by atoms with van der Waals surface area (Å²) in [6, 6.07) is 23.7. The van der Waals surface area contributed by atoms with Gasteiger partial charge >= 0.3 is 0 Å². The van der Waals surface area contributed by atoms with Gasteiger partial charge in [-0.2, -0.15) is 5.10 Å². The molecule has 3 aromatic rings. The van der Waals surface area contributed by atoms with Crippen molar-refractivity contribution in [2.75, 3.05) is 0 Å². The summed E-state index contributed by atoms with van der Waals surface area (Å²) >= 11 is 0. The van der Waals surface area contributed by atoms with E-state index in [1.807, 2.05) is 73.7 Å². The van der Waals surface area contributed by atoms with Crippen LogP contribution in [-0.2, 0) is 0 Å². The van der Waals surface area contributed by atoms with E-state index >= 15 is 0 Å². The van der Waals surface area contributed by atoms with Gasteiger partial charge in [-0.05, 0) is 48.2 Å². The van der Waals surface area contributed by atoms with Crippen molar-refractivity contribution in [3.63, 3.8) is 0 Å². The van der Waals surface area contributed by atoms with Crippen molar-refractivity contribution < 1.29 is 4.79 Å². The van der Waals surface area contributed by atoms with Gasteiger partial charge in [0.2, 0.25) is 0 Å². The number of carbonyl (C=O) groups is 1. The fraction of sp³-hybridized carbons (Fsp3) is 0.0909. The van der Waals surface area contributed by atoms with E-state index in [2.05, 4.69) is 23.5 Å². The third kappa shape index (κ3) is 4.21. The Kier molecular flexibility index (Phi) is 5.05. The summed E-state index contributed by atoms with van der Waals surface area (Å²) in [5.41, 5.74) is 8.69. The maximum absolute atomic E-state index is 12.2. The standard InChI is InChI=1S/C22H20N2O/c1-16-8-9-21(17(2)14-16)15-23-24-22(25)20-12-10-19(11-13-20)18-6-4-3-5-7-18/h3-15H,1-2H3,(H,24,25). The van der Waals surface area contributed by atoms with Gasteiger partial charge in [-0.1, -0.05) is 66.2 Å². The lowest BCUT2D eigenvalue weighted by Gasteiger charge is -2.04. The predicted molar refractivity (Wildman–Crippen MR) is 103 cm³/mol. The predicted octanol–water partition coefficient (Wildman–Crippen LogP) is 4.73. The summed E-state index contributed by atoms with van der Waals surface area (Å²) in [5.74, 6) is -0.222. The molecule has 3 aromatic carbocycles. The molecule has 0 saturated heterocycles. The molecule has 0 fully saturated rings. The van der Waals surface area contributed by atoms with E-state index in [0.717, 1.165) is 22.3 Å². The summed E-state index contributed by atoms with van der Waals surface area (Å²) in [7, 11) is 0. The lowest BCUT2D eigenvalue weighted by molar-refractivity contribution is 0.0955. The Morgan fingerprint density at radius 2 is 1.56 bits per heavy atom. The molecular formula is C22H20N2O. The van der Waals surface area contributed by atoms with E-state index in [-0.39, 0.29) is 5.91 Å². The highest BCUT2D eigenvalue weighted by atomic mass is 16.2. The number of rotatable bonds is 4. The van der Waals surface area contributed by atoms with Crippen molar-refractivity contribution >= 4 is 12.1 Å². The molecular weight excluding hydrogens is 308 g/mol.